The minimum absolute atomic E-state index is 0.0708. The van der Waals surface area contributed by atoms with E-state index in [1.807, 2.05) is 103 Å². The average Bonchev–Trinajstić information content (AvgIpc) is 2.98. The number of benzene rings is 3. The Balaban J connectivity index is 1.60. The molecule has 0 fully saturated rings. The van der Waals surface area contributed by atoms with Crippen molar-refractivity contribution in [2.75, 3.05) is 7.11 Å². The van der Waals surface area contributed by atoms with Gasteiger partial charge in [0, 0.05) is 25.6 Å². The molecule has 0 radical (unpaired) electrons. The van der Waals surface area contributed by atoms with Crippen LogP contribution in [0.1, 0.15) is 28.8 Å². The lowest BCUT2D eigenvalue weighted by Gasteiger charge is -2.31. The van der Waals surface area contributed by atoms with Crippen LogP contribution in [-0.4, -0.2) is 34.8 Å². The Morgan fingerprint density at radius 3 is 2.11 bits per heavy atom. The van der Waals surface area contributed by atoms with Gasteiger partial charge in [-0.25, -0.2) is 0 Å². The molecule has 1 N–H and O–H groups in total. The molecule has 1 heterocycles. The van der Waals surface area contributed by atoms with Gasteiger partial charge in [-0.05, 0) is 47.4 Å². The first-order chi connectivity index (χ1) is 18.6. The van der Waals surface area contributed by atoms with Crippen LogP contribution in [0.25, 0.3) is 0 Å². The number of nitrogens with one attached hydrogen (secondary N) is 1. The molecule has 4 aromatic rings. The first-order valence-electron chi connectivity index (χ1n) is 12.8. The molecule has 0 saturated heterocycles. The predicted octanol–water partition coefficient (Wildman–Crippen LogP) is 4.98. The molecule has 0 saturated carbocycles. The van der Waals surface area contributed by atoms with Crippen LogP contribution in [-0.2, 0) is 35.5 Å². The number of nitrogens with zero attached hydrogens (tertiary/aromatic N) is 2. The second-order valence-electron chi connectivity index (χ2n) is 9.10. The molecule has 0 aliphatic carbocycles. The second kappa shape index (κ2) is 13.7. The van der Waals surface area contributed by atoms with E-state index < -0.39 is 6.04 Å². The maximum absolute atomic E-state index is 13.8. The number of aryl methyl sites for hydroxylation is 1. The highest BCUT2D eigenvalue weighted by atomic mass is 16.5. The molecule has 0 aliphatic heterocycles. The monoisotopic (exact) mass is 507 g/mol. The predicted molar refractivity (Wildman–Crippen MR) is 148 cm³/mol. The normalized spacial score (nSPS) is 11.4. The van der Waals surface area contributed by atoms with Gasteiger partial charge in [0.2, 0.25) is 11.8 Å². The topological polar surface area (TPSA) is 71.5 Å². The van der Waals surface area contributed by atoms with Gasteiger partial charge < -0.3 is 15.0 Å². The molecule has 0 unspecified atom stereocenters. The fraction of sp³-hybridized carbons (Fsp3) is 0.219. The van der Waals surface area contributed by atoms with Gasteiger partial charge in [-0.3, -0.25) is 14.6 Å². The van der Waals surface area contributed by atoms with Crippen LogP contribution in [0.4, 0.5) is 0 Å². The number of amides is 2. The summed E-state index contributed by atoms with van der Waals surface area (Å²) in [7, 11) is 1.62. The smallest absolute Gasteiger partial charge is 0.243 e. The number of carbonyl (C=O) groups is 2. The molecule has 0 spiro atoms. The van der Waals surface area contributed by atoms with Gasteiger partial charge in [-0.15, -0.1) is 0 Å². The summed E-state index contributed by atoms with van der Waals surface area (Å²) >= 11 is 0. The van der Waals surface area contributed by atoms with Gasteiger partial charge in [0.05, 0.1) is 19.3 Å². The number of methoxy groups -OCH3 is 1. The van der Waals surface area contributed by atoms with Crippen molar-refractivity contribution in [2.24, 2.45) is 0 Å². The zero-order valence-corrected chi connectivity index (χ0v) is 21.6. The average molecular weight is 508 g/mol. The van der Waals surface area contributed by atoms with E-state index in [9.17, 15) is 9.59 Å². The first-order valence-corrected chi connectivity index (χ1v) is 12.8. The van der Waals surface area contributed by atoms with Crippen LogP contribution < -0.4 is 10.1 Å². The van der Waals surface area contributed by atoms with Crippen LogP contribution in [0.15, 0.2) is 109 Å². The summed E-state index contributed by atoms with van der Waals surface area (Å²) in [4.78, 5) is 33.5. The maximum Gasteiger partial charge on any atom is 0.243 e. The van der Waals surface area contributed by atoms with Crippen LogP contribution in [0, 0.1) is 0 Å². The number of pyridine rings is 1. The molecule has 6 nitrogen and oxygen atoms in total. The van der Waals surface area contributed by atoms with Crippen LogP contribution >= 0.6 is 0 Å². The Hall–Kier alpha value is -4.45. The lowest BCUT2D eigenvalue weighted by atomic mass is 10.0. The number of carbonyl (C=O) groups excluding carboxylic acids is 2. The summed E-state index contributed by atoms with van der Waals surface area (Å²) in [5, 5.41) is 3.02. The van der Waals surface area contributed by atoms with E-state index in [2.05, 4.69) is 10.3 Å². The molecule has 4 rings (SSSR count). The third kappa shape index (κ3) is 7.77. The first kappa shape index (κ1) is 26.6. The van der Waals surface area contributed by atoms with Crippen molar-refractivity contribution in [2.45, 2.75) is 38.4 Å². The summed E-state index contributed by atoms with van der Waals surface area (Å²) < 4.78 is 5.30. The number of ether oxygens (including phenoxy) is 1. The molecule has 0 aliphatic rings. The van der Waals surface area contributed by atoms with Crippen molar-refractivity contribution >= 4 is 11.8 Å². The van der Waals surface area contributed by atoms with Crippen molar-refractivity contribution in [3.63, 3.8) is 0 Å². The highest BCUT2D eigenvalue weighted by Gasteiger charge is 2.30. The van der Waals surface area contributed by atoms with E-state index in [-0.39, 0.29) is 11.8 Å². The van der Waals surface area contributed by atoms with E-state index in [1.165, 1.54) is 0 Å². The van der Waals surface area contributed by atoms with Gasteiger partial charge in [-0.1, -0.05) is 78.9 Å². The number of hydrogen-bond acceptors (Lipinski definition) is 4. The van der Waals surface area contributed by atoms with Gasteiger partial charge in [-0.2, -0.15) is 0 Å². The number of rotatable bonds is 12. The highest BCUT2D eigenvalue weighted by Crippen LogP contribution is 2.19. The van der Waals surface area contributed by atoms with Gasteiger partial charge in [0.15, 0.2) is 0 Å². The Labute approximate surface area is 224 Å². The van der Waals surface area contributed by atoms with Crippen molar-refractivity contribution < 1.29 is 14.3 Å². The summed E-state index contributed by atoms with van der Waals surface area (Å²) in [6.45, 7) is 0.603. The summed E-state index contributed by atoms with van der Waals surface area (Å²) in [5.41, 5.74) is 3.76. The molecule has 38 heavy (non-hydrogen) atoms. The molecule has 194 valence electrons. The zero-order valence-electron chi connectivity index (χ0n) is 21.6. The van der Waals surface area contributed by atoms with E-state index >= 15 is 0 Å². The van der Waals surface area contributed by atoms with Gasteiger partial charge >= 0.3 is 0 Å². The highest BCUT2D eigenvalue weighted by molar-refractivity contribution is 5.88. The van der Waals surface area contributed by atoms with Crippen LogP contribution in [0.3, 0.4) is 0 Å². The molecule has 2 amide bonds. The standard InChI is InChI=1S/C32H33N3O3/c1-38-29-18-15-27(16-19-29)24-35(31(36)20-17-25-10-4-2-5-11-25)30(22-26-12-6-3-7-13-26)32(37)34-23-28-14-8-9-21-33-28/h2-16,18-19,21,30H,17,20,22-24H2,1H3,(H,34,37)/t30-/m1/s1. The molecular weight excluding hydrogens is 474 g/mol. The number of aromatic nitrogens is 1. The van der Waals surface area contributed by atoms with E-state index in [0.29, 0.717) is 32.4 Å². The molecule has 1 aromatic heterocycles. The third-order valence-corrected chi connectivity index (χ3v) is 6.42. The van der Waals surface area contributed by atoms with Crippen molar-refractivity contribution in [3.05, 3.63) is 132 Å². The van der Waals surface area contributed by atoms with Crippen LogP contribution in [0.5, 0.6) is 5.75 Å². The lowest BCUT2D eigenvalue weighted by Crippen LogP contribution is -2.50. The summed E-state index contributed by atoms with van der Waals surface area (Å²) in [6, 6.07) is 32.3. The SMILES string of the molecule is COc1ccc(CN(C(=O)CCc2ccccc2)[C@H](Cc2ccccc2)C(=O)NCc2ccccn2)cc1. The van der Waals surface area contributed by atoms with Crippen molar-refractivity contribution in [1.82, 2.24) is 15.2 Å². The Bertz CT molecular complexity index is 1280. The Morgan fingerprint density at radius 1 is 0.816 bits per heavy atom. The molecule has 6 heteroatoms. The van der Waals surface area contributed by atoms with Crippen molar-refractivity contribution in [3.8, 4) is 5.75 Å². The Morgan fingerprint density at radius 2 is 1.47 bits per heavy atom. The largest absolute Gasteiger partial charge is 0.497 e. The summed E-state index contributed by atoms with van der Waals surface area (Å²) in [6.07, 6.45) is 3.01. The van der Waals surface area contributed by atoms with Gasteiger partial charge in [0.1, 0.15) is 11.8 Å². The fourth-order valence-corrected chi connectivity index (χ4v) is 4.32. The summed E-state index contributed by atoms with van der Waals surface area (Å²) in [5.74, 6) is 0.462. The number of hydrogen-bond donors (Lipinski definition) is 1. The lowest BCUT2D eigenvalue weighted by molar-refractivity contribution is -0.141. The third-order valence-electron chi connectivity index (χ3n) is 6.42. The van der Waals surface area contributed by atoms with E-state index in [0.717, 1.165) is 28.1 Å². The van der Waals surface area contributed by atoms with Gasteiger partial charge in [0.25, 0.3) is 0 Å². The van der Waals surface area contributed by atoms with Crippen molar-refractivity contribution in [1.29, 1.82) is 0 Å². The molecular formula is C32H33N3O3. The Kier molecular flexibility index (Phi) is 9.63. The molecule has 3 aromatic carbocycles. The zero-order chi connectivity index (χ0) is 26.6. The van der Waals surface area contributed by atoms with Crippen LogP contribution in [0.2, 0.25) is 0 Å². The maximum atomic E-state index is 13.8. The van der Waals surface area contributed by atoms with E-state index in [1.54, 1.807) is 18.2 Å². The minimum atomic E-state index is -0.688. The molecule has 1 atom stereocenters. The quantitative estimate of drug-likeness (QED) is 0.294. The fourth-order valence-electron chi connectivity index (χ4n) is 4.32. The minimum Gasteiger partial charge on any atom is -0.497 e. The second-order valence-corrected chi connectivity index (χ2v) is 9.10. The van der Waals surface area contributed by atoms with E-state index in [4.69, 9.17) is 4.74 Å². The molecule has 0 bridgehead atoms.